The molecule has 1 amide bonds. The molecule has 2 aromatic carbocycles. The number of halogens is 1. The van der Waals surface area contributed by atoms with Crippen LogP contribution in [-0.2, 0) is 11.4 Å². The molecule has 1 unspecified atom stereocenters. The number of carbonyl (C=O) groups excluding carboxylic acids is 1. The summed E-state index contributed by atoms with van der Waals surface area (Å²) in [5.74, 6) is 0.949. The summed E-state index contributed by atoms with van der Waals surface area (Å²) in [6.07, 6.45) is 3.19. The lowest BCUT2D eigenvalue weighted by Crippen LogP contribution is -2.30. The number of rotatable bonds is 7. The van der Waals surface area contributed by atoms with Crippen molar-refractivity contribution in [3.05, 3.63) is 89.8 Å². The van der Waals surface area contributed by atoms with Crippen molar-refractivity contribution in [3.8, 4) is 11.5 Å². The number of benzene rings is 2. The fourth-order valence-electron chi connectivity index (χ4n) is 2.89. The first-order chi connectivity index (χ1) is 14.6. The van der Waals surface area contributed by atoms with Crippen LogP contribution >= 0.6 is 11.6 Å². The molecule has 0 radical (unpaired) electrons. The van der Waals surface area contributed by atoms with E-state index in [9.17, 15) is 4.79 Å². The molecule has 0 aliphatic rings. The van der Waals surface area contributed by atoms with Crippen LogP contribution in [0.5, 0.6) is 11.5 Å². The molecule has 2 heterocycles. The zero-order valence-corrected chi connectivity index (χ0v) is 17.0. The summed E-state index contributed by atoms with van der Waals surface area (Å²) >= 11 is 5.87. The molecule has 152 valence electrons. The van der Waals surface area contributed by atoms with Gasteiger partial charge in [0.25, 0.3) is 5.91 Å². The van der Waals surface area contributed by atoms with E-state index in [0.29, 0.717) is 28.8 Å². The number of hydrogen-bond acceptors (Lipinski definition) is 4. The molecular weight excluding hydrogens is 402 g/mol. The van der Waals surface area contributed by atoms with Gasteiger partial charge >= 0.3 is 0 Å². The summed E-state index contributed by atoms with van der Waals surface area (Å²) in [6, 6.07) is 19.9. The molecule has 0 spiro atoms. The fourth-order valence-corrected chi connectivity index (χ4v) is 3.02. The maximum absolute atomic E-state index is 12.5. The predicted octanol–water partition coefficient (Wildman–Crippen LogP) is 4.97. The average Bonchev–Trinajstić information content (AvgIpc) is 3.17. The molecule has 4 aromatic rings. The van der Waals surface area contributed by atoms with Gasteiger partial charge in [0.2, 0.25) is 0 Å². The molecule has 0 aliphatic carbocycles. The third-order valence-corrected chi connectivity index (χ3v) is 4.65. The van der Waals surface area contributed by atoms with Crippen molar-refractivity contribution in [2.45, 2.75) is 19.6 Å². The Morgan fingerprint density at radius 3 is 2.73 bits per heavy atom. The van der Waals surface area contributed by atoms with Crippen LogP contribution in [0.3, 0.4) is 0 Å². The quantitative estimate of drug-likeness (QED) is 0.457. The summed E-state index contributed by atoms with van der Waals surface area (Å²) in [7, 11) is 0. The van der Waals surface area contributed by atoms with Crippen molar-refractivity contribution < 1.29 is 14.3 Å². The van der Waals surface area contributed by atoms with Gasteiger partial charge in [0.1, 0.15) is 23.8 Å². The summed E-state index contributed by atoms with van der Waals surface area (Å²) in [5, 5.41) is 3.45. The number of pyridine rings is 1. The van der Waals surface area contributed by atoms with Gasteiger partial charge in [0.15, 0.2) is 6.10 Å². The second-order valence-corrected chi connectivity index (χ2v) is 7.15. The first-order valence-corrected chi connectivity index (χ1v) is 9.83. The maximum atomic E-state index is 12.5. The van der Waals surface area contributed by atoms with E-state index in [0.717, 1.165) is 11.3 Å². The molecule has 2 aromatic heterocycles. The van der Waals surface area contributed by atoms with Crippen LogP contribution in [0.4, 0.5) is 5.69 Å². The molecule has 0 saturated heterocycles. The first-order valence-electron chi connectivity index (χ1n) is 9.45. The lowest BCUT2D eigenvalue weighted by Gasteiger charge is -2.15. The van der Waals surface area contributed by atoms with Gasteiger partial charge in [-0.2, -0.15) is 0 Å². The van der Waals surface area contributed by atoms with E-state index in [1.807, 2.05) is 47.1 Å². The lowest BCUT2D eigenvalue weighted by atomic mass is 10.2. The number of nitrogens with one attached hydrogen (secondary N) is 1. The van der Waals surface area contributed by atoms with Gasteiger partial charge in [-0.3, -0.25) is 4.79 Å². The van der Waals surface area contributed by atoms with E-state index in [4.69, 9.17) is 21.1 Å². The number of carbonyl (C=O) groups is 1. The number of ether oxygens (including phenoxy) is 2. The zero-order chi connectivity index (χ0) is 20.9. The van der Waals surface area contributed by atoms with Crippen LogP contribution in [-0.4, -0.2) is 21.4 Å². The minimum Gasteiger partial charge on any atom is -0.487 e. The van der Waals surface area contributed by atoms with Crippen LogP contribution in [0.1, 0.15) is 12.6 Å². The highest BCUT2D eigenvalue weighted by molar-refractivity contribution is 6.30. The number of imidazole rings is 1. The second-order valence-electron chi connectivity index (χ2n) is 6.72. The average molecular weight is 422 g/mol. The Morgan fingerprint density at radius 2 is 1.93 bits per heavy atom. The molecule has 1 N–H and O–H groups in total. The van der Waals surface area contributed by atoms with Crippen LogP contribution in [0.25, 0.3) is 5.65 Å². The van der Waals surface area contributed by atoms with Crippen molar-refractivity contribution >= 4 is 28.8 Å². The monoisotopic (exact) mass is 421 g/mol. The Hall–Kier alpha value is -3.51. The lowest BCUT2D eigenvalue weighted by molar-refractivity contribution is -0.122. The second kappa shape index (κ2) is 8.88. The minimum atomic E-state index is -0.672. The maximum Gasteiger partial charge on any atom is 0.265 e. The van der Waals surface area contributed by atoms with Gasteiger partial charge in [-0.25, -0.2) is 4.98 Å². The van der Waals surface area contributed by atoms with E-state index < -0.39 is 6.10 Å². The van der Waals surface area contributed by atoms with Crippen molar-refractivity contribution in [2.75, 3.05) is 5.32 Å². The number of nitrogens with zero attached hydrogens (tertiary/aromatic N) is 2. The van der Waals surface area contributed by atoms with Gasteiger partial charge < -0.3 is 19.2 Å². The number of hydrogen-bond donors (Lipinski definition) is 1. The van der Waals surface area contributed by atoms with E-state index in [1.54, 1.807) is 43.3 Å². The topological polar surface area (TPSA) is 64.9 Å². The smallest absolute Gasteiger partial charge is 0.265 e. The molecule has 4 rings (SSSR count). The highest BCUT2D eigenvalue weighted by atomic mass is 35.5. The fraction of sp³-hybridized carbons (Fsp3) is 0.130. The predicted molar refractivity (Wildman–Crippen MR) is 116 cm³/mol. The standard InChI is InChI=1S/C23H20ClN3O3/c1-16(30-20-10-8-17(24)9-11-20)23(28)26-18-5-4-6-21(13-18)29-15-19-14-27-12-3-2-7-22(27)25-19/h2-14,16H,15H2,1H3,(H,26,28). The van der Waals surface area contributed by atoms with Crippen molar-refractivity contribution in [1.82, 2.24) is 9.38 Å². The first kappa shape index (κ1) is 19.8. The zero-order valence-electron chi connectivity index (χ0n) is 16.3. The van der Waals surface area contributed by atoms with Crippen molar-refractivity contribution in [3.63, 3.8) is 0 Å². The van der Waals surface area contributed by atoms with Gasteiger partial charge in [-0.15, -0.1) is 0 Å². The van der Waals surface area contributed by atoms with Crippen molar-refractivity contribution in [1.29, 1.82) is 0 Å². The van der Waals surface area contributed by atoms with E-state index in [-0.39, 0.29) is 5.91 Å². The summed E-state index contributed by atoms with van der Waals surface area (Å²) in [4.78, 5) is 17.0. The molecule has 30 heavy (non-hydrogen) atoms. The summed E-state index contributed by atoms with van der Waals surface area (Å²) in [6.45, 7) is 2.02. The molecule has 0 bridgehead atoms. The summed E-state index contributed by atoms with van der Waals surface area (Å²) in [5.41, 5.74) is 2.31. The van der Waals surface area contributed by atoms with E-state index in [2.05, 4.69) is 10.3 Å². The Bertz CT molecular complexity index is 1120. The van der Waals surface area contributed by atoms with Crippen molar-refractivity contribution in [2.24, 2.45) is 0 Å². The third-order valence-electron chi connectivity index (χ3n) is 4.40. The SMILES string of the molecule is CC(Oc1ccc(Cl)cc1)C(=O)Nc1cccc(OCc2cn3ccccc3n2)c1. The molecule has 0 aliphatic heterocycles. The normalized spacial score (nSPS) is 11.8. The number of aromatic nitrogens is 2. The molecule has 0 saturated carbocycles. The van der Waals surface area contributed by atoms with Gasteiger partial charge in [0.05, 0.1) is 5.69 Å². The van der Waals surface area contributed by atoms with Gasteiger partial charge in [-0.05, 0) is 55.5 Å². The van der Waals surface area contributed by atoms with E-state index in [1.165, 1.54) is 0 Å². The number of anilines is 1. The number of fused-ring (bicyclic) bond motifs is 1. The molecule has 6 nitrogen and oxygen atoms in total. The van der Waals surface area contributed by atoms with Crippen LogP contribution in [0, 0.1) is 0 Å². The van der Waals surface area contributed by atoms with Crippen LogP contribution in [0.2, 0.25) is 5.02 Å². The Morgan fingerprint density at radius 1 is 1.10 bits per heavy atom. The molecule has 0 fully saturated rings. The Balaban J connectivity index is 1.35. The third kappa shape index (κ3) is 4.90. The van der Waals surface area contributed by atoms with Crippen LogP contribution < -0.4 is 14.8 Å². The highest BCUT2D eigenvalue weighted by Gasteiger charge is 2.15. The molecular formula is C23H20ClN3O3. The van der Waals surface area contributed by atoms with Gasteiger partial charge in [0, 0.05) is 29.2 Å². The summed E-state index contributed by atoms with van der Waals surface area (Å²) < 4.78 is 13.4. The largest absolute Gasteiger partial charge is 0.487 e. The number of amides is 1. The Kier molecular flexibility index (Phi) is 5.86. The van der Waals surface area contributed by atoms with Gasteiger partial charge in [-0.1, -0.05) is 23.7 Å². The molecule has 7 heteroatoms. The highest BCUT2D eigenvalue weighted by Crippen LogP contribution is 2.20. The Labute approximate surface area is 179 Å². The van der Waals surface area contributed by atoms with Crippen LogP contribution in [0.15, 0.2) is 79.1 Å². The molecule has 1 atom stereocenters. The minimum absolute atomic E-state index is 0.262. The van der Waals surface area contributed by atoms with E-state index >= 15 is 0 Å².